The summed E-state index contributed by atoms with van der Waals surface area (Å²) in [7, 11) is 2.62. The van der Waals surface area contributed by atoms with Crippen molar-refractivity contribution in [2.75, 3.05) is 59.4 Å². The lowest BCUT2D eigenvalue weighted by Gasteiger charge is -2.24. The molecule has 0 aromatic heterocycles. The standard InChI is InChI=1S/C22H43N3O3Si/c1-26-29(27-2,28-3)21-13-19-24-18-12-11-17-23-16-9-4-5-10-20-25-22-14-7-6-8-15-22/h6-8,14-15,23-25H,4-5,9-13,16-21H2,1-3H3. The van der Waals surface area contributed by atoms with Crippen LogP contribution in [0.1, 0.15) is 44.9 Å². The summed E-state index contributed by atoms with van der Waals surface area (Å²) < 4.78 is 16.3. The Kier molecular flexibility index (Phi) is 16.1. The van der Waals surface area contributed by atoms with Crippen molar-refractivity contribution in [3.63, 3.8) is 0 Å². The molecular weight excluding hydrogens is 382 g/mol. The Morgan fingerprint density at radius 2 is 1.10 bits per heavy atom. The summed E-state index contributed by atoms with van der Waals surface area (Å²) in [4.78, 5) is 0. The zero-order chi connectivity index (χ0) is 21.0. The summed E-state index contributed by atoms with van der Waals surface area (Å²) >= 11 is 0. The lowest BCUT2D eigenvalue weighted by molar-refractivity contribution is 0.123. The Labute approximate surface area is 179 Å². The van der Waals surface area contributed by atoms with Crippen LogP contribution >= 0.6 is 0 Å². The van der Waals surface area contributed by atoms with Crippen LogP contribution in [0.4, 0.5) is 5.69 Å². The van der Waals surface area contributed by atoms with Crippen molar-refractivity contribution in [1.29, 1.82) is 0 Å². The zero-order valence-electron chi connectivity index (χ0n) is 18.8. The average Bonchev–Trinajstić information content (AvgIpc) is 2.77. The SMILES string of the molecule is CO[Si](CCCNCCCCNCCCCCCNc1ccccc1)(OC)OC. The molecule has 0 aliphatic rings. The van der Waals surface area contributed by atoms with Crippen molar-refractivity contribution < 1.29 is 13.3 Å². The van der Waals surface area contributed by atoms with E-state index in [0.717, 1.165) is 45.2 Å². The van der Waals surface area contributed by atoms with Gasteiger partial charge in [-0.2, -0.15) is 0 Å². The smallest absolute Gasteiger partial charge is 0.385 e. The van der Waals surface area contributed by atoms with Gasteiger partial charge in [0.25, 0.3) is 0 Å². The summed E-state index contributed by atoms with van der Waals surface area (Å²) in [6.07, 6.45) is 8.56. The van der Waals surface area contributed by atoms with Gasteiger partial charge in [0.1, 0.15) is 0 Å². The molecule has 0 aliphatic carbocycles. The van der Waals surface area contributed by atoms with Gasteiger partial charge in [0.15, 0.2) is 0 Å². The number of nitrogens with one attached hydrogen (secondary N) is 3. The maximum atomic E-state index is 5.43. The summed E-state index contributed by atoms with van der Waals surface area (Å²) in [6, 6.07) is 11.3. The third-order valence-corrected chi connectivity index (χ3v) is 7.94. The maximum Gasteiger partial charge on any atom is 0.500 e. The predicted molar refractivity (Wildman–Crippen MR) is 125 cm³/mol. The van der Waals surface area contributed by atoms with Gasteiger partial charge >= 0.3 is 8.80 Å². The second-order valence-corrected chi connectivity index (χ2v) is 10.4. The van der Waals surface area contributed by atoms with E-state index in [0.29, 0.717) is 0 Å². The molecule has 0 aliphatic heterocycles. The zero-order valence-corrected chi connectivity index (χ0v) is 19.8. The van der Waals surface area contributed by atoms with Crippen LogP contribution in [0.5, 0.6) is 0 Å². The van der Waals surface area contributed by atoms with E-state index in [1.807, 2.05) is 0 Å². The Morgan fingerprint density at radius 3 is 1.66 bits per heavy atom. The average molecular weight is 426 g/mol. The minimum absolute atomic E-state index is 0.855. The number of unbranched alkanes of at least 4 members (excludes halogenated alkanes) is 4. The van der Waals surface area contributed by atoms with Gasteiger partial charge in [-0.1, -0.05) is 31.0 Å². The fraction of sp³-hybridized carbons (Fsp3) is 0.727. The maximum absolute atomic E-state index is 5.43. The summed E-state index contributed by atoms with van der Waals surface area (Å²) in [5.41, 5.74) is 1.22. The quantitative estimate of drug-likeness (QED) is 0.218. The first kappa shape index (κ1) is 26.1. The number of anilines is 1. The molecule has 1 aromatic rings. The number of hydrogen-bond donors (Lipinski definition) is 3. The van der Waals surface area contributed by atoms with E-state index in [9.17, 15) is 0 Å². The van der Waals surface area contributed by atoms with E-state index in [-0.39, 0.29) is 0 Å². The minimum atomic E-state index is -2.39. The van der Waals surface area contributed by atoms with Crippen LogP contribution in [0.25, 0.3) is 0 Å². The fourth-order valence-corrected chi connectivity index (χ4v) is 4.98. The molecule has 0 spiro atoms. The van der Waals surface area contributed by atoms with E-state index < -0.39 is 8.80 Å². The number of rotatable bonds is 20. The molecule has 7 heteroatoms. The van der Waals surface area contributed by atoms with Crippen LogP contribution in [-0.2, 0) is 13.3 Å². The topological polar surface area (TPSA) is 63.8 Å². The normalized spacial score (nSPS) is 11.7. The molecule has 1 aromatic carbocycles. The van der Waals surface area contributed by atoms with Crippen LogP contribution in [0, 0.1) is 0 Å². The highest BCUT2D eigenvalue weighted by molar-refractivity contribution is 6.60. The van der Waals surface area contributed by atoms with E-state index in [1.54, 1.807) is 21.3 Å². The Bertz CT molecular complexity index is 467. The minimum Gasteiger partial charge on any atom is -0.385 e. The summed E-state index contributed by atoms with van der Waals surface area (Å²) in [5, 5.41) is 10.5. The monoisotopic (exact) mass is 425 g/mol. The van der Waals surface area contributed by atoms with Crippen molar-refractivity contribution >= 4 is 14.5 Å². The van der Waals surface area contributed by atoms with Crippen LogP contribution in [0.3, 0.4) is 0 Å². The molecule has 0 radical (unpaired) electrons. The van der Waals surface area contributed by atoms with Crippen LogP contribution in [0.15, 0.2) is 30.3 Å². The first-order valence-corrected chi connectivity index (χ1v) is 13.1. The predicted octanol–water partition coefficient (Wildman–Crippen LogP) is 3.89. The Balaban J connectivity index is 1.78. The van der Waals surface area contributed by atoms with Gasteiger partial charge in [0, 0.05) is 39.6 Å². The Morgan fingerprint density at radius 1 is 0.621 bits per heavy atom. The van der Waals surface area contributed by atoms with Crippen molar-refractivity contribution in [2.45, 2.75) is 51.0 Å². The number of benzene rings is 1. The van der Waals surface area contributed by atoms with Crippen LogP contribution in [0.2, 0.25) is 6.04 Å². The van der Waals surface area contributed by atoms with Crippen molar-refractivity contribution in [2.24, 2.45) is 0 Å². The lowest BCUT2D eigenvalue weighted by Crippen LogP contribution is -2.43. The molecule has 0 fully saturated rings. The second kappa shape index (κ2) is 17.9. The van der Waals surface area contributed by atoms with Crippen LogP contribution < -0.4 is 16.0 Å². The van der Waals surface area contributed by atoms with E-state index in [1.165, 1.54) is 44.2 Å². The number of hydrogen-bond acceptors (Lipinski definition) is 6. The van der Waals surface area contributed by atoms with Crippen molar-refractivity contribution in [3.8, 4) is 0 Å². The number of para-hydroxylation sites is 1. The molecule has 0 atom stereocenters. The van der Waals surface area contributed by atoms with Gasteiger partial charge in [-0.15, -0.1) is 0 Å². The molecule has 0 unspecified atom stereocenters. The van der Waals surface area contributed by atoms with Gasteiger partial charge in [-0.05, 0) is 70.4 Å². The summed E-state index contributed by atoms with van der Waals surface area (Å²) in [6.45, 7) is 5.37. The molecule has 3 N–H and O–H groups in total. The largest absolute Gasteiger partial charge is 0.500 e. The second-order valence-electron chi connectivity index (χ2n) is 7.31. The molecule has 1 rings (SSSR count). The van der Waals surface area contributed by atoms with Crippen molar-refractivity contribution in [1.82, 2.24) is 10.6 Å². The highest BCUT2D eigenvalue weighted by Crippen LogP contribution is 2.14. The van der Waals surface area contributed by atoms with Gasteiger partial charge in [0.05, 0.1) is 0 Å². The third-order valence-electron chi connectivity index (χ3n) is 5.11. The molecule has 0 bridgehead atoms. The molecule has 29 heavy (non-hydrogen) atoms. The molecule has 0 amide bonds. The van der Waals surface area contributed by atoms with Gasteiger partial charge in [0.2, 0.25) is 0 Å². The molecule has 168 valence electrons. The lowest BCUT2D eigenvalue weighted by atomic mass is 10.2. The molecule has 0 saturated carbocycles. The van der Waals surface area contributed by atoms with Gasteiger partial charge in [-0.3, -0.25) is 0 Å². The Hall–Kier alpha value is -0.963. The molecule has 6 nitrogen and oxygen atoms in total. The molecule has 0 saturated heterocycles. The first-order valence-electron chi connectivity index (χ1n) is 11.1. The highest BCUT2D eigenvalue weighted by atomic mass is 28.4. The highest BCUT2D eigenvalue weighted by Gasteiger charge is 2.36. The fourth-order valence-electron chi connectivity index (χ4n) is 3.25. The van der Waals surface area contributed by atoms with E-state index >= 15 is 0 Å². The van der Waals surface area contributed by atoms with E-state index in [4.69, 9.17) is 13.3 Å². The van der Waals surface area contributed by atoms with Gasteiger partial charge < -0.3 is 29.2 Å². The van der Waals surface area contributed by atoms with Crippen molar-refractivity contribution in [3.05, 3.63) is 30.3 Å². The molecular formula is C22H43N3O3Si. The molecule has 0 heterocycles. The summed E-state index contributed by atoms with van der Waals surface area (Å²) in [5.74, 6) is 0. The van der Waals surface area contributed by atoms with Gasteiger partial charge in [-0.25, -0.2) is 0 Å². The third kappa shape index (κ3) is 13.1. The van der Waals surface area contributed by atoms with E-state index in [2.05, 4.69) is 46.3 Å². The van der Waals surface area contributed by atoms with Crippen LogP contribution in [-0.4, -0.2) is 62.9 Å². The first-order chi connectivity index (χ1) is 14.3.